The third kappa shape index (κ3) is 5.08. The van der Waals surface area contributed by atoms with Crippen LogP contribution in [0.25, 0.3) is 0 Å². The Kier molecular flexibility index (Phi) is 6.95. The molecule has 0 bridgehead atoms. The number of anilines is 1. The first kappa shape index (κ1) is 22.5. The first-order chi connectivity index (χ1) is 14.2. The molecule has 3 rings (SSSR count). The van der Waals surface area contributed by atoms with Crippen molar-refractivity contribution in [2.45, 2.75) is 51.0 Å². The quantitative estimate of drug-likeness (QED) is 0.647. The predicted molar refractivity (Wildman–Crippen MR) is 118 cm³/mol. The molecule has 2 amide bonds. The van der Waals surface area contributed by atoms with Gasteiger partial charge in [-0.2, -0.15) is 0 Å². The van der Waals surface area contributed by atoms with Crippen molar-refractivity contribution in [2.75, 3.05) is 18.0 Å². The molecule has 0 unspecified atom stereocenters. The summed E-state index contributed by atoms with van der Waals surface area (Å²) in [7, 11) is -3.73. The Labute approximate surface area is 181 Å². The first-order valence-electron chi connectivity index (χ1n) is 9.91. The summed E-state index contributed by atoms with van der Waals surface area (Å²) in [4.78, 5) is 26.9. The van der Waals surface area contributed by atoms with E-state index in [4.69, 9.17) is 0 Å². The third-order valence-electron chi connectivity index (χ3n) is 5.20. The smallest absolute Gasteiger partial charge is 0.240 e. The van der Waals surface area contributed by atoms with E-state index in [0.29, 0.717) is 13.0 Å². The van der Waals surface area contributed by atoms with Crippen molar-refractivity contribution >= 4 is 38.9 Å². The lowest BCUT2D eigenvalue weighted by molar-refractivity contribution is -0.121. The molecule has 7 nitrogen and oxygen atoms in total. The van der Waals surface area contributed by atoms with Crippen molar-refractivity contribution in [3.05, 3.63) is 45.6 Å². The standard InChI is InChI=1S/C21H27N3O4S2/c1-14-8-11-29-20(14)6-9-22-21(26)7-10-23-30(27,28)18-4-5-19-17(13-18)12-15(2)24(19)16(3)25/h4-5,8,11,13,15,23H,6-7,9-10,12H2,1-3H3,(H,22,26)/t15-/m0/s1. The number of nitrogens with zero attached hydrogens (tertiary/aromatic N) is 1. The molecule has 2 aromatic rings. The molecule has 9 heteroatoms. The average Bonchev–Trinajstić information content (AvgIpc) is 3.22. The zero-order valence-electron chi connectivity index (χ0n) is 17.4. The fraction of sp³-hybridized carbons (Fsp3) is 0.429. The van der Waals surface area contributed by atoms with E-state index in [0.717, 1.165) is 17.7 Å². The monoisotopic (exact) mass is 449 g/mol. The average molecular weight is 450 g/mol. The van der Waals surface area contributed by atoms with Crippen LogP contribution in [0.15, 0.2) is 34.5 Å². The van der Waals surface area contributed by atoms with Crippen molar-refractivity contribution in [1.29, 1.82) is 0 Å². The Morgan fingerprint density at radius 3 is 2.67 bits per heavy atom. The summed E-state index contributed by atoms with van der Waals surface area (Å²) in [5, 5.41) is 4.85. The summed E-state index contributed by atoms with van der Waals surface area (Å²) in [6.45, 7) is 6.04. The maximum Gasteiger partial charge on any atom is 0.240 e. The Bertz CT molecular complexity index is 1050. The van der Waals surface area contributed by atoms with Gasteiger partial charge in [0.15, 0.2) is 0 Å². The molecule has 30 heavy (non-hydrogen) atoms. The zero-order valence-corrected chi connectivity index (χ0v) is 19.0. The van der Waals surface area contributed by atoms with Crippen molar-refractivity contribution < 1.29 is 18.0 Å². The number of rotatable bonds is 8. The Balaban J connectivity index is 1.51. The molecule has 0 saturated heterocycles. The summed E-state index contributed by atoms with van der Waals surface area (Å²) in [6.07, 6.45) is 1.46. The Hall–Kier alpha value is -2.23. The van der Waals surface area contributed by atoms with E-state index in [1.807, 2.05) is 25.3 Å². The van der Waals surface area contributed by atoms with Gasteiger partial charge in [-0.15, -0.1) is 11.3 Å². The van der Waals surface area contributed by atoms with E-state index >= 15 is 0 Å². The van der Waals surface area contributed by atoms with Gasteiger partial charge in [0.25, 0.3) is 0 Å². The lowest BCUT2D eigenvalue weighted by Gasteiger charge is -2.20. The zero-order chi connectivity index (χ0) is 21.9. The number of benzene rings is 1. The fourth-order valence-corrected chi connectivity index (χ4v) is 5.69. The molecule has 0 spiro atoms. The summed E-state index contributed by atoms with van der Waals surface area (Å²) in [5.41, 5.74) is 2.81. The van der Waals surface area contributed by atoms with Gasteiger partial charge in [0.2, 0.25) is 21.8 Å². The van der Waals surface area contributed by atoms with Gasteiger partial charge < -0.3 is 10.2 Å². The number of thiophene rings is 1. The maximum atomic E-state index is 12.6. The van der Waals surface area contributed by atoms with Crippen LogP contribution in [0.1, 0.15) is 36.3 Å². The first-order valence-corrected chi connectivity index (χ1v) is 12.3. The van der Waals surface area contributed by atoms with E-state index < -0.39 is 10.0 Å². The van der Waals surface area contributed by atoms with Crippen LogP contribution >= 0.6 is 11.3 Å². The van der Waals surface area contributed by atoms with Gasteiger partial charge in [-0.1, -0.05) is 0 Å². The highest BCUT2D eigenvalue weighted by molar-refractivity contribution is 7.89. The Morgan fingerprint density at radius 2 is 2.00 bits per heavy atom. The van der Waals surface area contributed by atoms with Crippen LogP contribution in [0.2, 0.25) is 0 Å². The van der Waals surface area contributed by atoms with Gasteiger partial charge in [0.1, 0.15) is 0 Å². The van der Waals surface area contributed by atoms with Crippen LogP contribution in [0.4, 0.5) is 5.69 Å². The summed E-state index contributed by atoms with van der Waals surface area (Å²) >= 11 is 1.67. The number of carbonyl (C=O) groups is 2. The van der Waals surface area contributed by atoms with Crippen molar-refractivity contribution in [1.82, 2.24) is 10.0 Å². The molecular weight excluding hydrogens is 422 g/mol. The van der Waals surface area contributed by atoms with Crippen LogP contribution in [0, 0.1) is 6.92 Å². The number of hydrogen-bond acceptors (Lipinski definition) is 5. The number of aryl methyl sites for hydroxylation is 1. The van der Waals surface area contributed by atoms with Gasteiger partial charge in [0.05, 0.1) is 4.90 Å². The highest BCUT2D eigenvalue weighted by Crippen LogP contribution is 2.33. The number of hydrogen-bond donors (Lipinski definition) is 2. The highest BCUT2D eigenvalue weighted by atomic mass is 32.2. The molecule has 1 aromatic heterocycles. The summed E-state index contributed by atoms with van der Waals surface area (Å²) < 4.78 is 27.7. The third-order valence-corrected chi connectivity index (χ3v) is 7.74. The molecule has 2 N–H and O–H groups in total. The molecule has 2 heterocycles. The molecule has 1 aliphatic rings. The molecule has 0 radical (unpaired) electrons. The van der Waals surface area contributed by atoms with Gasteiger partial charge in [-0.25, -0.2) is 13.1 Å². The van der Waals surface area contributed by atoms with Crippen LogP contribution in [-0.2, 0) is 32.5 Å². The molecule has 162 valence electrons. The number of nitrogens with one attached hydrogen (secondary N) is 2. The number of sulfonamides is 1. The normalized spacial score (nSPS) is 15.8. The van der Waals surface area contributed by atoms with Crippen LogP contribution in [0.5, 0.6) is 0 Å². The second-order valence-corrected chi connectivity index (χ2v) is 10.3. The summed E-state index contributed by atoms with van der Waals surface area (Å²) in [5.74, 6) is -0.248. The fourth-order valence-electron chi connectivity index (χ4n) is 3.70. The molecule has 1 aromatic carbocycles. The van der Waals surface area contributed by atoms with Crippen molar-refractivity contribution in [3.8, 4) is 0 Å². The topological polar surface area (TPSA) is 95.6 Å². The minimum atomic E-state index is -3.73. The second-order valence-electron chi connectivity index (χ2n) is 7.51. The van der Waals surface area contributed by atoms with Crippen molar-refractivity contribution in [2.24, 2.45) is 0 Å². The minimum Gasteiger partial charge on any atom is -0.356 e. The summed E-state index contributed by atoms with van der Waals surface area (Å²) in [6, 6.07) is 6.84. The highest BCUT2D eigenvalue weighted by Gasteiger charge is 2.30. The molecule has 0 saturated carbocycles. The molecule has 0 aliphatic carbocycles. The van der Waals surface area contributed by atoms with Gasteiger partial charge in [0, 0.05) is 43.0 Å². The maximum absolute atomic E-state index is 12.6. The van der Waals surface area contributed by atoms with E-state index in [9.17, 15) is 18.0 Å². The molecular formula is C21H27N3O4S2. The number of carbonyl (C=O) groups excluding carboxylic acids is 2. The minimum absolute atomic E-state index is 0.00470. The lowest BCUT2D eigenvalue weighted by Crippen LogP contribution is -2.33. The van der Waals surface area contributed by atoms with Gasteiger partial charge >= 0.3 is 0 Å². The van der Waals surface area contributed by atoms with Gasteiger partial charge in [-0.05, 0) is 67.5 Å². The largest absolute Gasteiger partial charge is 0.356 e. The number of amides is 2. The Morgan fingerprint density at radius 1 is 1.23 bits per heavy atom. The van der Waals surface area contributed by atoms with Crippen molar-refractivity contribution in [3.63, 3.8) is 0 Å². The molecule has 1 atom stereocenters. The second kappa shape index (κ2) is 9.28. The van der Waals surface area contributed by atoms with Crippen LogP contribution in [-0.4, -0.2) is 39.4 Å². The van der Waals surface area contributed by atoms with E-state index in [-0.39, 0.29) is 35.7 Å². The van der Waals surface area contributed by atoms with Crippen LogP contribution in [0.3, 0.4) is 0 Å². The van der Waals surface area contributed by atoms with Crippen LogP contribution < -0.4 is 14.9 Å². The van der Waals surface area contributed by atoms with Gasteiger partial charge in [-0.3, -0.25) is 9.59 Å². The molecule has 0 fully saturated rings. The SMILES string of the molecule is CC(=O)N1c2ccc(S(=O)(=O)NCCC(=O)NCCc3sccc3C)cc2C[C@@H]1C. The lowest BCUT2D eigenvalue weighted by atomic mass is 10.1. The van der Waals surface area contributed by atoms with E-state index in [2.05, 4.69) is 10.0 Å². The number of fused-ring (bicyclic) bond motifs is 1. The van der Waals surface area contributed by atoms with E-state index in [1.165, 1.54) is 23.4 Å². The predicted octanol–water partition coefficient (Wildman–Crippen LogP) is 2.38. The molecule has 1 aliphatic heterocycles. The van der Waals surface area contributed by atoms with E-state index in [1.54, 1.807) is 28.4 Å².